The largest absolute Gasteiger partial charge is 0.345 e. The molecule has 2 aromatic rings. The van der Waals surface area contributed by atoms with E-state index in [9.17, 15) is 9.59 Å². The third-order valence-corrected chi connectivity index (χ3v) is 4.49. The molecule has 0 radical (unpaired) electrons. The molecule has 1 heterocycles. The first kappa shape index (κ1) is 15.5. The van der Waals surface area contributed by atoms with Gasteiger partial charge in [0, 0.05) is 12.1 Å². The van der Waals surface area contributed by atoms with Crippen LogP contribution in [0.4, 0.5) is 0 Å². The van der Waals surface area contributed by atoms with Crippen molar-refractivity contribution in [3.8, 4) is 0 Å². The van der Waals surface area contributed by atoms with E-state index in [-0.39, 0.29) is 17.2 Å². The Morgan fingerprint density at radius 2 is 2.09 bits per heavy atom. The van der Waals surface area contributed by atoms with E-state index in [2.05, 4.69) is 15.3 Å². The minimum atomic E-state index is -0.394. The molecule has 1 amide bonds. The van der Waals surface area contributed by atoms with Crippen LogP contribution in [0.5, 0.6) is 0 Å². The summed E-state index contributed by atoms with van der Waals surface area (Å²) in [5, 5.41) is 2.89. The fourth-order valence-corrected chi connectivity index (χ4v) is 2.73. The highest BCUT2D eigenvalue weighted by Gasteiger charge is 2.27. The van der Waals surface area contributed by atoms with E-state index in [1.54, 1.807) is 0 Å². The van der Waals surface area contributed by atoms with E-state index in [1.165, 1.54) is 11.8 Å². The molecule has 120 valence electrons. The minimum Gasteiger partial charge on any atom is -0.345 e. The summed E-state index contributed by atoms with van der Waals surface area (Å²) in [5.74, 6) is 0.650. The quantitative estimate of drug-likeness (QED) is 0.911. The Hall–Kier alpha value is -2.43. The molecule has 0 saturated heterocycles. The van der Waals surface area contributed by atoms with Crippen molar-refractivity contribution in [2.24, 2.45) is 0 Å². The van der Waals surface area contributed by atoms with Gasteiger partial charge in [-0.15, -0.1) is 0 Å². The second-order valence-corrected chi connectivity index (χ2v) is 6.27. The number of hydrogen-bond acceptors (Lipinski definition) is 3. The molecule has 1 aromatic carbocycles. The van der Waals surface area contributed by atoms with E-state index in [4.69, 9.17) is 0 Å². The molecule has 1 saturated carbocycles. The molecule has 0 unspecified atom stereocenters. The Balaban J connectivity index is 1.78. The number of aryl methyl sites for hydroxylation is 1. The lowest BCUT2D eigenvalue weighted by Crippen LogP contribution is -2.32. The van der Waals surface area contributed by atoms with Gasteiger partial charge in [-0.2, -0.15) is 0 Å². The number of aromatic nitrogens is 2. The summed E-state index contributed by atoms with van der Waals surface area (Å²) >= 11 is 0. The SMILES string of the molecule is Cc1cccc([C@H](C)NC(=O)c2cnc(C3CC3)[nH]c2=O)c1C. The van der Waals surface area contributed by atoms with Crippen molar-refractivity contribution in [3.05, 3.63) is 62.8 Å². The number of aromatic amines is 1. The zero-order valence-electron chi connectivity index (χ0n) is 13.6. The van der Waals surface area contributed by atoms with Crippen LogP contribution < -0.4 is 10.9 Å². The highest BCUT2D eigenvalue weighted by molar-refractivity contribution is 5.93. The van der Waals surface area contributed by atoms with Gasteiger partial charge in [0.25, 0.3) is 11.5 Å². The van der Waals surface area contributed by atoms with Gasteiger partial charge in [0.2, 0.25) is 0 Å². The minimum absolute atomic E-state index is 0.0616. The highest BCUT2D eigenvalue weighted by Crippen LogP contribution is 2.37. The van der Waals surface area contributed by atoms with Crippen LogP contribution in [-0.2, 0) is 0 Å². The van der Waals surface area contributed by atoms with Crippen LogP contribution >= 0.6 is 0 Å². The molecular formula is C18H21N3O2. The van der Waals surface area contributed by atoms with Crippen LogP contribution in [0.15, 0.2) is 29.2 Å². The number of carbonyl (C=O) groups is 1. The van der Waals surface area contributed by atoms with Crippen LogP contribution in [0.25, 0.3) is 0 Å². The van der Waals surface area contributed by atoms with Crippen molar-refractivity contribution < 1.29 is 4.79 Å². The van der Waals surface area contributed by atoms with Crippen LogP contribution in [0.1, 0.15) is 64.6 Å². The standard InChI is InChI=1S/C18H21N3O2/c1-10-5-4-6-14(11(10)2)12(3)20-17(22)15-9-19-16(13-7-8-13)21-18(15)23/h4-6,9,12-13H,7-8H2,1-3H3,(H,20,22)(H,19,21,23)/t12-/m0/s1. The van der Waals surface area contributed by atoms with Crippen LogP contribution in [-0.4, -0.2) is 15.9 Å². The molecule has 1 aliphatic rings. The van der Waals surface area contributed by atoms with Gasteiger partial charge in [0.15, 0.2) is 0 Å². The molecule has 0 spiro atoms. The lowest BCUT2D eigenvalue weighted by atomic mass is 9.98. The predicted octanol–water partition coefficient (Wildman–Crippen LogP) is 2.76. The molecular weight excluding hydrogens is 290 g/mol. The summed E-state index contributed by atoms with van der Waals surface area (Å²) in [6, 6.07) is 5.83. The van der Waals surface area contributed by atoms with Gasteiger partial charge in [-0.1, -0.05) is 18.2 Å². The number of H-pyrrole nitrogens is 1. The van der Waals surface area contributed by atoms with Gasteiger partial charge >= 0.3 is 0 Å². The topological polar surface area (TPSA) is 74.8 Å². The molecule has 1 aliphatic carbocycles. The number of carbonyl (C=O) groups excluding carboxylic acids is 1. The van der Waals surface area contributed by atoms with E-state index in [0.717, 1.165) is 24.0 Å². The number of nitrogens with zero attached hydrogens (tertiary/aromatic N) is 1. The van der Waals surface area contributed by atoms with Crippen molar-refractivity contribution in [1.82, 2.24) is 15.3 Å². The van der Waals surface area contributed by atoms with Gasteiger partial charge in [-0.3, -0.25) is 9.59 Å². The maximum atomic E-state index is 12.4. The summed E-state index contributed by atoms with van der Waals surface area (Å²) in [6.07, 6.45) is 3.49. The average Bonchev–Trinajstić information content (AvgIpc) is 3.34. The van der Waals surface area contributed by atoms with Crippen LogP contribution in [0, 0.1) is 13.8 Å². The van der Waals surface area contributed by atoms with Gasteiger partial charge in [-0.25, -0.2) is 4.98 Å². The molecule has 0 bridgehead atoms. The first-order valence-corrected chi connectivity index (χ1v) is 7.93. The smallest absolute Gasteiger partial charge is 0.263 e. The summed E-state index contributed by atoms with van der Waals surface area (Å²) in [7, 11) is 0. The second kappa shape index (κ2) is 5.99. The summed E-state index contributed by atoms with van der Waals surface area (Å²) in [4.78, 5) is 31.4. The zero-order valence-corrected chi connectivity index (χ0v) is 13.6. The first-order valence-electron chi connectivity index (χ1n) is 7.93. The van der Waals surface area contributed by atoms with Crippen molar-refractivity contribution >= 4 is 5.91 Å². The summed E-state index contributed by atoms with van der Waals surface area (Å²) in [5.41, 5.74) is 3.07. The zero-order chi connectivity index (χ0) is 16.6. The number of hydrogen-bond donors (Lipinski definition) is 2. The average molecular weight is 311 g/mol. The lowest BCUT2D eigenvalue weighted by Gasteiger charge is -2.17. The van der Waals surface area contributed by atoms with Gasteiger partial charge < -0.3 is 10.3 Å². The van der Waals surface area contributed by atoms with Crippen molar-refractivity contribution in [2.75, 3.05) is 0 Å². The van der Waals surface area contributed by atoms with E-state index < -0.39 is 5.91 Å². The molecule has 1 fully saturated rings. The fourth-order valence-electron chi connectivity index (χ4n) is 2.73. The fraction of sp³-hybridized carbons (Fsp3) is 0.389. The first-order chi connectivity index (χ1) is 11.0. The molecule has 1 aromatic heterocycles. The van der Waals surface area contributed by atoms with Crippen LogP contribution in [0.2, 0.25) is 0 Å². The lowest BCUT2D eigenvalue weighted by molar-refractivity contribution is 0.0937. The maximum absolute atomic E-state index is 12.4. The summed E-state index contributed by atoms with van der Waals surface area (Å²) in [6.45, 7) is 5.99. The second-order valence-electron chi connectivity index (χ2n) is 6.27. The molecule has 2 N–H and O–H groups in total. The number of amides is 1. The van der Waals surface area contributed by atoms with E-state index in [0.29, 0.717) is 11.7 Å². The van der Waals surface area contributed by atoms with E-state index >= 15 is 0 Å². The predicted molar refractivity (Wildman–Crippen MR) is 88.6 cm³/mol. The van der Waals surface area contributed by atoms with Crippen LogP contribution in [0.3, 0.4) is 0 Å². The molecule has 5 heteroatoms. The molecule has 0 aliphatic heterocycles. The Labute approximate surface area is 135 Å². The molecule has 23 heavy (non-hydrogen) atoms. The monoisotopic (exact) mass is 311 g/mol. The van der Waals surface area contributed by atoms with Crippen molar-refractivity contribution in [1.29, 1.82) is 0 Å². The van der Waals surface area contributed by atoms with E-state index in [1.807, 2.05) is 39.0 Å². The number of benzene rings is 1. The Morgan fingerprint density at radius 3 is 2.74 bits per heavy atom. The highest BCUT2D eigenvalue weighted by atomic mass is 16.2. The van der Waals surface area contributed by atoms with Crippen molar-refractivity contribution in [2.45, 2.75) is 45.6 Å². The number of nitrogens with one attached hydrogen (secondary N) is 2. The van der Waals surface area contributed by atoms with Crippen molar-refractivity contribution in [3.63, 3.8) is 0 Å². The Bertz CT molecular complexity index is 806. The van der Waals surface area contributed by atoms with Gasteiger partial charge in [0.05, 0.1) is 6.04 Å². The summed E-state index contributed by atoms with van der Waals surface area (Å²) < 4.78 is 0. The third kappa shape index (κ3) is 3.18. The van der Waals surface area contributed by atoms with Gasteiger partial charge in [-0.05, 0) is 50.3 Å². The third-order valence-electron chi connectivity index (χ3n) is 4.49. The Morgan fingerprint density at radius 1 is 1.35 bits per heavy atom. The molecule has 1 atom stereocenters. The normalized spacial score (nSPS) is 15.3. The Kier molecular flexibility index (Phi) is 4.03. The molecule has 5 nitrogen and oxygen atoms in total. The van der Waals surface area contributed by atoms with Gasteiger partial charge in [0.1, 0.15) is 11.4 Å². The maximum Gasteiger partial charge on any atom is 0.263 e. The number of rotatable bonds is 4. The molecule has 3 rings (SSSR count).